The summed E-state index contributed by atoms with van der Waals surface area (Å²) in [5, 5.41) is 4.44. The largest absolute Gasteiger partial charge is 0.433 e. The van der Waals surface area contributed by atoms with Gasteiger partial charge in [-0.25, -0.2) is 4.98 Å². The number of halogens is 3. The highest BCUT2D eigenvalue weighted by molar-refractivity contribution is 5.35. The van der Waals surface area contributed by atoms with E-state index in [1.165, 1.54) is 23.6 Å². The SMILES string of the molecule is Cc1ccc(C2(c3noc(CN4CCC(c5cccc(C(F)(F)F)n5)CC4)n3)CCCCC2)cc1. The van der Waals surface area contributed by atoms with Crippen molar-refractivity contribution in [2.24, 2.45) is 0 Å². The van der Waals surface area contributed by atoms with Gasteiger partial charge < -0.3 is 4.52 Å². The lowest BCUT2D eigenvalue weighted by atomic mass is 9.69. The third kappa shape index (κ3) is 5.13. The van der Waals surface area contributed by atoms with Crippen molar-refractivity contribution in [2.45, 2.75) is 75.9 Å². The van der Waals surface area contributed by atoms with Crippen LogP contribution in [0, 0.1) is 6.92 Å². The molecule has 1 saturated heterocycles. The summed E-state index contributed by atoms with van der Waals surface area (Å²) in [7, 11) is 0. The molecule has 5 nitrogen and oxygen atoms in total. The van der Waals surface area contributed by atoms with Crippen LogP contribution >= 0.6 is 0 Å². The van der Waals surface area contributed by atoms with Crippen molar-refractivity contribution >= 4 is 0 Å². The number of rotatable bonds is 5. The fourth-order valence-corrected chi connectivity index (χ4v) is 5.60. The van der Waals surface area contributed by atoms with Crippen LogP contribution in [0.2, 0.25) is 0 Å². The number of nitrogens with zero attached hydrogens (tertiary/aromatic N) is 4. The molecule has 2 aromatic heterocycles. The summed E-state index contributed by atoms with van der Waals surface area (Å²) in [6, 6.07) is 12.9. The fraction of sp³-hybridized carbons (Fsp3) is 0.519. The van der Waals surface area contributed by atoms with E-state index in [0.29, 0.717) is 18.1 Å². The molecule has 0 radical (unpaired) electrons. The first-order chi connectivity index (χ1) is 16.8. The molecule has 1 saturated carbocycles. The molecule has 2 aliphatic rings. The number of pyridine rings is 1. The van der Waals surface area contributed by atoms with Gasteiger partial charge in [-0.2, -0.15) is 18.2 Å². The van der Waals surface area contributed by atoms with Crippen LogP contribution in [0.5, 0.6) is 0 Å². The van der Waals surface area contributed by atoms with Gasteiger partial charge in [0, 0.05) is 11.6 Å². The highest BCUT2D eigenvalue weighted by Crippen LogP contribution is 2.43. The zero-order chi connectivity index (χ0) is 24.5. The van der Waals surface area contributed by atoms with Crippen LogP contribution in [0.3, 0.4) is 0 Å². The lowest BCUT2D eigenvalue weighted by molar-refractivity contribution is -0.141. The number of likely N-dealkylation sites (tertiary alicyclic amines) is 1. The summed E-state index contributed by atoms with van der Waals surface area (Å²) in [5.41, 5.74) is 2.00. The Morgan fingerprint density at radius 1 is 0.971 bits per heavy atom. The molecule has 0 atom stereocenters. The third-order valence-electron chi connectivity index (χ3n) is 7.63. The standard InChI is InChI=1S/C27H31F3N4O/c1-19-8-10-21(11-9-19)26(14-3-2-4-15-26)25-32-24(35-33-25)18-34-16-12-20(13-17-34)22-6-5-7-23(31-22)27(28,29)30/h5-11,20H,2-4,12-18H2,1H3. The van der Waals surface area contributed by atoms with Crippen molar-refractivity contribution in [1.29, 1.82) is 0 Å². The molecule has 1 aromatic carbocycles. The van der Waals surface area contributed by atoms with E-state index in [0.717, 1.165) is 63.5 Å². The number of aromatic nitrogens is 3. The molecule has 2 fully saturated rings. The van der Waals surface area contributed by atoms with Crippen molar-refractivity contribution in [3.05, 3.63) is 76.7 Å². The van der Waals surface area contributed by atoms with E-state index in [9.17, 15) is 13.2 Å². The monoisotopic (exact) mass is 484 g/mol. The van der Waals surface area contributed by atoms with Gasteiger partial charge in [-0.05, 0) is 63.4 Å². The normalized spacial score (nSPS) is 19.7. The average Bonchev–Trinajstić information content (AvgIpc) is 3.34. The Morgan fingerprint density at radius 2 is 1.69 bits per heavy atom. The van der Waals surface area contributed by atoms with Crippen LogP contribution in [0.15, 0.2) is 47.0 Å². The Morgan fingerprint density at radius 3 is 2.37 bits per heavy atom. The Balaban J connectivity index is 1.25. The van der Waals surface area contributed by atoms with E-state index < -0.39 is 11.9 Å². The molecule has 0 amide bonds. The van der Waals surface area contributed by atoms with E-state index in [2.05, 4.69) is 46.2 Å². The molecular formula is C27H31F3N4O. The molecule has 3 heterocycles. The van der Waals surface area contributed by atoms with Gasteiger partial charge in [-0.1, -0.05) is 60.3 Å². The van der Waals surface area contributed by atoms with E-state index in [1.54, 1.807) is 6.07 Å². The molecule has 35 heavy (non-hydrogen) atoms. The van der Waals surface area contributed by atoms with Crippen LogP contribution < -0.4 is 0 Å². The second-order valence-electron chi connectivity index (χ2n) is 10.0. The predicted molar refractivity (Wildman–Crippen MR) is 126 cm³/mol. The van der Waals surface area contributed by atoms with Gasteiger partial charge in [0.25, 0.3) is 0 Å². The lowest BCUT2D eigenvalue weighted by Gasteiger charge is -2.35. The van der Waals surface area contributed by atoms with Crippen LogP contribution in [0.25, 0.3) is 0 Å². The van der Waals surface area contributed by atoms with E-state index in [-0.39, 0.29) is 11.3 Å². The molecule has 0 bridgehead atoms. The second kappa shape index (κ2) is 9.72. The highest BCUT2D eigenvalue weighted by atomic mass is 19.4. The van der Waals surface area contributed by atoms with Gasteiger partial charge in [-0.15, -0.1) is 0 Å². The average molecular weight is 485 g/mol. The van der Waals surface area contributed by atoms with Gasteiger partial charge in [-0.3, -0.25) is 4.90 Å². The third-order valence-corrected chi connectivity index (χ3v) is 7.63. The smallest absolute Gasteiger partial charge is 0.338 e. The minimum Gasteiger partial charge on any atom is -0.338 e. The molecule has 8 heteroatoms. The lowest BCUT2D eigenvalue weighted by Crippen LogP contribution is -2.33. The highest BCUT2D eigenvalue weighted by Gasteiger charge is 2.40. The molecule has 0 unspecified atom stereocenters. The first-order valence-corrected chi connectivity index (χ1v) is 12.5. The van der Waals surface area contributed by atoms with E-state index >= 15 is 0 Å². The van der Waals surface area contributed by atoms with Crippen LogP contribution in [-0.4, -0.2) is 33.1 Å². The predicted octanol–water partition coefficient (Wildman–Crippen LogP) is 6.42. The van der Waals surface area contributed by atoms with Crippen LogP contribution in [0.1, 0.15) is 85.1 Å². The van der Waals surface area contributed by atoms with Gasteiger partial charge in [0.05, 0.1) is 12.0 Å². The molecule has 186 valence electrons. The summed E-state index contributed by atoms with van der Waals surface area (Å²) < 4.78 is 44.8. The van der Waals surface area contributed by atoms with Crippen molar-refractivity contribution in [3.63, 3.8) is 0 Å². The molecule has 0 N–H and O–H groups in total. The number of piperidine rings is 1. The Bertz CT molecular complexity index is 1130. The number of alkyl halides is 3. The second-order valence-corrected chi connectivity index (χ2v) is 10.0. The first-order valence-electron chi connectivity index (χ1n) is 12.5. The summed E-state index contributed by atoms with van der Waals surface area (Å²) in [5.74, 6) is 1.41. The van der Waals surface area contributed by atoms with E-state index in [4.69, 9.17) is 9.51 Å². The van der Waals surface area contributed by atoms with Crippen molar-refractivity contribution in [3.8, 4) is 0 Å². The number of benzene rings is 1. The fourth-order valence-electron chi connectivity index (χ4n) is 5.60. The number of hydrogen-bond donors (Lipinski definition) is 0. The van der Waals surface area contributed by atoms with Gasteiger partial charge in [0.1, 0.15) is 5.69 Å². The van der Waals surface area contributed by atoms with Crippen molar-refractivity contribution < 1.29 is 17.7 Å². The van der Waals surface area contributed by atoms with Crippen LogP contribution in [-0.2, 0) is 18.1 Å². The maximum Gasteiger partial charge on any atom is 0.433 e. The maximum absolute atomic E-state index is 13.0. The number of aryl methyl sites for hydroxylation is 1. The minimum absolute atomic E-state index is 0.0267. The Kier molecular flexibility index (Phi) is 6.66. The molecule has 1 aliphatic carbocycles. The zero-order valence-corrected chi connectivity index (χ0v) is 20.0. The van der Waals surface area contributed by atoms with E-state index in [1.807, 2.05) is 0 Å². The van der Waals surface area contributed by atoms with Crippen molar-refractivity contribution in [1.82, 2.24) is 20.0 Å². The summed E-state index contributed by atoms with van der Waals surface area (Å²) in [4.78, 5) is 11.0. The summed E-state index contributed by atoms with van der Waals surface area (Å²) in [6.45, 7) is 4.16. The van der Waals surface area contributed by atoms with Gasteiger partial charge >= 0.3 is 6.18 Å². The summed E-state index contributed by atoms with van der Waals surface area (Å²) >= 11 is 0. The molecule has 3 aromatic rings. The molecule has 5 rings (SSSR count). The van der Waals surface area contributed by atoms with Gasteiger partial charge in [0.15, 0.2) is 5.82 Å². The number of hydrogen-bond acceptors (Lipinski definition) is 5. The summed E-state index contributed by atoms with van der Waals surface area (Å²) in [6.07, 6.45) is 2.65. The topological polar surface area (TPSA) is 55.1 Å². The van der Waals surface area contributed by atoms with Crippen LogP contribution in [0.4, 0.5) is 13.2 Å². The van der Waals surface area contributed by atoms with Gasteiger partial charge in [0.2, 0.25) is 5.89 Å². The maximum atomic E-state index is 13.0. The van der Waals surface area contributed by atoms with Crippen molar-refractivity contribution in [2.75, 3.05) is 13.1 Å². The molecule has 0 spiro atoms. The molecule has 1 aliphatic heterocycles. The Labute approximate surface area is 203 Å². The molecular weight excluding hydrogens is 453 g/mol. The Hall–Kier alpha value is -2.74. The minimum atomic E-state index is -4.42. The zero-order valence-electron chi connectivity index (χ0n) is 20.0. The quantitative estimate of drug-likeness (QED) is 0.418. The first kappa shape index (κ1) is 24.0.